The van der Waals surface area contributed by atoms with Gasteiger partial charge < -0.3 is 14.6 Å². The number of halogens is 1. The average Bonchev–Trinajstić information content (AvgIpc) is 3.16. The van der Waals surface area contributed by atoms with Crippen molar-refractivity contribution in [1.82, 2.24) is 5.16 Å². The zero-order chi connectivity index (χ0) is 18.7. The molecule has 26 heavy (non-hydrogen) atoms. The van der Waals surface area contributed by atoms with Crippen LogP contribution in [0.2, 0.25) is 5.02 Å². The van der Waals surface area contributed by atoms with Gasteiger partial charge in [0, 0.05) is 27.1 Å². The number of aryl methyl sites for hydroxylation is 1. The number of rotatable bonds is 5. The lowest BCUT2D eigenvalue weighted by Crippen LogP contribution is -2.29. The van der Waals surface area contributed by atoms with E-state index in [4.69, 9.17) is 20.9 Å². The summed E-state index contributed by atoms with van der Waals surface area (Å²) in [6, 6.07) is 9.27. The Morgan fingerprint density at radius 2 is 2.15 bits per heavy atom. The van der Waals surface area contributed by atoms with Crippen LogP contribution in [0.3, 0.4) is 0 Å². The molecule has 0 saturated heterocycles. The molecule has 0 fully saturated rings. The van der Waals surface area contributed by atoms with Crippen molar-refractivity contribution < 1.29 is 18.8 Å². The van der Waals surface area contributed by atoms with E-state index >= 15 is 0 Å². The summed E-state index contributed by atoms with van der Waals surface area (Å²) in [6.07, 6.45) is 1.85. The van der Waals surface area contributed by atoms with Crippen molar-refractivity contribution in [1.29, 1.82) is 0 Å². The first-order valence-electron chi connectivity index (χ1n) is 7.74. The van der Waals surface area contributed by atoms with E-state index in [0.29, 0.717) is 10.8 Å². The fourth-order valence-corrected chi connectivity index (χ4v) is 3.60. The molecule has 0 bridgehead atoms. The van der Waals surface area contributed by atoms with Crippen LogP contribution >= 0.6 is 22.9 Å². The third kappa shape index (κ3) is 4.12. The van der Waals surface area contributed by atoms with Gasteiger partial charge in [-0.1, -0.05) is 35.0 Å². The molecule has 1 aromatic carbocycles. The zero-order valence-corrected chi connectivity index (χ0v) is 15.6. The van der Waals surface area contributed by atoms with Gasteiger partial charge in [-0.2, -0.15) is 0 Å². The smallest absolute Gasteiger partial charge is 0.331 e. The van der Waals surface area contributed by atoms with Crippen LogP contribution in [-0.4, -0.2) is 23.1 Å². The van der Waals surface area contributed by atoms with E-state index in [9.17, 15) is 9.59 Å². The Kier molecular flexibility index (Phi) is 5.39. The molecule has 3 rings (SSSR count). The number of amides is 1. The van der Waals surface area contributed by atoms with Gasteiger partial charge in [0.15, 0.2) is 11.9 Å². The molecular formula is C18H15ClN2O4S. The number of fused-ring (bicyclic) bond motifs is 1. The van der Waals surface area contributed by atoms with E-state index in [1.165, 1.54) is 24.3 Å². The standard InChI is InChI=1S/C18H15ClN2O4S/c1-10-9-15(21-25-10)20-18(23)11(2)24-16(22)8-7-14-17(19)12-5-3-4-6-13(12)26-14/h3-9,11H,1-2H3,(H,20,21,23)/b8-7+/t11-/m1/s1. The molecule has 0 aliphatic carbocycles. The van der Waals surface area contributed by atoms with E-state index in [1.807, 2.05) is 24.3 Å². The highest BCUT2D eigenvalue weighted by atomic mass is 35.5. The normalized spacial score (nSPS) is 12.4. The predicted octanol–water partition coefficient (Wildman–Crippen LogP) is 4.43. The van der Waals surface area contributed by atoms with Crippen LogP contribution in [0, 0.1) is 6.92 Å². The van der Waals surface area contributed by atoms with Crippen LogP contribution < -0.4 is 5.32 Å². The van der Waals surface area contributed by atoms with Gasteiger partial charge in [0.25, 0.3) is 5.91 Å². The van der Waals surface area contributed by atoms with E-state index in [0.717, 1.165) is 15.0 Å². The fourth-order valence-electron chi connectivity index (χ4n) is 2.20. The molecule has 2 heterocycles. The summed E-state index contributed by atoms with van der Waals surface area (Å²) in [5.74, 6) is -0.312. The number of benzene rings is 1. The lowest BCUT2D eigenvalue weighted by atomic mass is 10.2. The summed E-state index contributed by atoms with van der Waals surface area (Å²) in [4.78, 5) is 24.7. The highest BCUT2D eigenvalue weighted by molar-refractivity contribution is 7.20. The largest absolute Gasteiger partial charge is 0.449 e. The first-order valence-corrected chi connectivity index (χ1v) is 8.93. The van der Waals surface area contributed by atoms with Crippen LogP contribution in [0.25, 0.3) is 16.2 Å². The molecule has 0 unspecified atom stereocenters. The van der Waals surface area contributed by atoms with E-state index < -0.39 is 18.0 Å². The molecule has 0 aliphatic heterocycles. The Balaban J connectivity index is 1.61. The first-order chi connectivity index (χ1) is 12.4. The lowest BCUT2D eigenvalue weighted by molar-refractivity contribution is -0.148. The second-order valence-electron chi connectivity index (χ2n) is 5.50. The lowest BCUT2D eigenvalue weighted by Gasteiger charge is -2.10. The number of anilines is 1. The van der Waals surface area contributed by atoms with Crippen molar-refractivity contribution in [2.45, 2.75) is 20.0 Å². The number of ether oxygens (including phenoxy) is 1. The molecule has 134 valence electrons. The molecular weight excluding hydrogens is 376 g/mol. The van der Waals surface area contributed by atoms with E-state index in [1.54, 1.807) is 19.1 Å². The van der Waals surface area contributed by atoms with Crippen molar-refractivity contribution in [3.8, 4) is 0 Å². The van der Waals surface area contributed by atoms with Gasteiger partial charge in [-0.05, 0) is 26.0 Å². The SMILES string of the molecule is Cc1cc(NC(=O)[C@@H](C)OC(=O)/C=C/c2sc3ccccc3c2Cl)no1. The summed E-state index contributed by atoms with van der Waals surface area (Å²) in [6.45, 7) is 3.18. The maximum Gasteiger partial charge on any atom is 0.331 e. The fraction of sp³-hybridized carbons (Fsp3) is 0.167. The Bertz CT molecular complexity index is 992. The van der Waals surface area contributed by atoms with Crippen LogP contribution in [0.1, 0.15) is 17.6 Å². The maximum atomic E-state index is 12.0. The number of carbonyl (C=O) groups is 2. The highest BCUT2D eigenvalue weighted by Crippen LogP contribution is 2.35. The number of nitrogens with one attached hydrogen (secondary N) is 1. The van der Waals surface area contributed by atoms with Crippen LogP contribution in [-0.2, 0) is 14.3 Å². The Morgan fingerprint density at radius 1 is 1.38 bits per heavy atom. The van der Waals surface area contributed by atoms with E-state index in [2.05, 4.69) is 10.5 Å². The second-order valence-corrected chi connectivity index (χ2v) is 6.96. The minimum absolute atomic E-state index is 0.267. The number of hydrogen-bond donors (Lipinski definition) is 1. The van der Waals surface area contributed by atoms with Crippen molar-refractivity contribution in [2.75, 3.05) is 5.32 Å². The summed E-state index contributed by atoms with van der Waals surface area (Å²) in [5, 5.41) is 7.67. The number of thiophene rings is 1. The molecule has 0 aliphatic rings. The molecule has 0 saturated carbocycles. The molecule has 8 heteroatoms. The summed E-state index contributed by atoms with van der Waals surface area (Å²) in [5.41, 5.74) is 0. The third-order valence-corrected chi connectivity index (χ3v) is 5.13. The molecule has 0 radical (unpaired) electrons. The van der Waals surface area contributed by atoms with Crippen LogP contribution in [0.5, 0.6) is 0 Å². The Labute approximate surface area is 158 Å². The second kappa shape index (κ2) is 7.72. The van der Waals surface area contributed by atoms with Gasteiger partial charge in [0.2, 0.25) is 0 Å². The molecule has 3 aromatic rings. The number of aromatic nitrogens is 1. The Hall–Kier alpha value is -2.64. The number of hydrogen-bond acceptors (Lipinski definition) is 6. The number of nitrogens with zero attached hydrogens (tertiary/aromatic N) is 1. The van der Waals surface area contributed by atoms with Crippen LogP contribution in [0.15, 0.2) is 40.9 Å². The summed E-state index contributed by atoms with van der Waals surface area (Å²) >= 11 is 7.79. The molecule has 1 amide bonds. The zero-order valence-electron chi connectivity index (χ0n) is 14.0. The maximum absolute atomic E-state index is 12.0. The van der Waals surface area contributed by atoms with E-state index in [-0.39, 0.29) is 5.82 Å². The van der Waals surface area contributed by atoms with Crippen molar-refractivity contribution in [3.63, 3.8) is 0 Å². The van der Waals surface area contributed by atoms with Crippen molar-refractivity contribution >= 4 is 56.8 Å². The van der Waals surface area contributed by atoms with Gasteiger partial charge in [0.05, 0.1) is 5.02 Å². The van der Waals surface area contributed by atoms with Crippen molar-refractivity contribution in [2.24, 2.45) is 0 Å². The van der Waals surface area contributed by atoms with Gasteiger partial charge >= 0.3 is 5.97 Å². The Morgan fingerprint density at radius 3 is 2.85 bits per heavy atom. The number of esters is 1. The minimum atomic E-state index is -0.984. The molecule has 0 spiro atoms. The molecule has 2 aromatic heterocycles. The van der Waals surface area contributed by atoms with Crippen molar-refractivity contribution in [3.05, 3.63) is 52.1 Å². The minimum Gasteiger partial charge on any atom is -0.449 e. The monoisotopic (exact) mass is 390 g/mol. The molecule has 1 N–H and O–H groups in total. The van der Waals surface area contributed by atoms with Gasteiger partial charge in [0.1, 0.15) is 5.76 Å². The van der Waals surface area contributed by atoms with Gasteiger partial charge in [-0.3, -0.25) is 4.79 Å². The highest BCUT2D eigenvalue weighted by Gasteiger charge is 2.18. The van der Waals surface area contributed by atoms with Gasteiger partial charge in [-0.15, -0.1) is 11.3 Å². The van der Waals surface area contributed by atoms with Crippen LogP contribution in [0.4, 0.5) is 5.82 Å². The quantitative estimate of drug-likeness (QED) is 0.514. The molecule has 6 nitrogen and oxygen atoms in total. The summed E-state index contributed by atoms with van der Waals surface area (Å²) < 4.78 is 11.0. The molecule has 1 atom stereocenters. The van der Waals surface area contributed by atoms with Gasteiger partial charge in [-0.25, -0.2) is 4.79 Å². The third-order valence-electron chi connectivity index (χ3n) is 3.47. The summed E-state index contributed by atoms with van der Waals surface area (Å²) in [7, 11) is 0. The predicted molar refractivity (Wildman–Crippen MR) is 101 cm³/mol. The number of carbonyl (C=O) groups excluding carboxylic acids is 2. The first kappa shape index (κ1) is 18.2. The average molecular weight is 391 g/mol. The topological polar surface area (TPSA) is 81.4 Å².